The zero-order valence-electron chi connectivity index (χ0n) is 13.5. The lowest BCUT2D eigenvalue weighted by Crippen LogP contribution is -2.48. The first-order valence-corrected chi connectivity index (χ1v) is 8.76. The van der Waals surface area contributed by atoms with Crippen LogP contribution in [0, 0.1) is 5.41 Å². The summed E-state index contributed by atoms with van der Waals surface area (Å²) in [6.45, 7) is 0.903. The van der Waals surface area contributed by atoms with Crippen molar-refractivity contribution in [2.24, 2.45) is 5.41 Å². The molecule has 1 aromatic carbocycles. The Morgan fingerprint density at radius 3 is 2.75 bits per heavy atom. The molecule has 128 valence electrons. The van der Waals surface area contributed by atoms with Gasteiger partial charge in [0.2, 0.25) is 6.79 Å². The van der Waals surface area contributed by atoms with E-state index in [1.54, 1.807) is 0 Å². The van der Waals surface area contributed by atoms with Gasteiger partial charge in [-0.2, -0.15) is 0 Å². The molecule has 2 aliphatic carbocycles. The van der Waals surface area contributed by atoms with Gasteiger partial charge in [0.25, 0.3) is 0 Å². The Kier molecular flexibility index (Phi) is 3.06. The second-order valence-corrected chi connectivity index (χ2v) is 7.43. The lowest BCUT2D eigenvalue weighted by Gasteiger charge is -2.49. The van der Waals surface area contributed by atoms with Crippen LogP contribution in [-0.2, 0) is 10.3 Å². The average Bonchev–Trinajstić information content (AvgIpc) is 3.28. The predicted octanol–water partition coefficient (Wildman–Crippen LogP) is 2.25. The number of aliphatic hydroxyl groups is 2. The van der Waals surface area contributed by atoms with Crippen LogP contribution in [0.3, 0.4) is 0 Å². The second kappa shape index (κ2) is 4.97. The van der Waals surface area contributed by atoms with Crippen LogP contribution in [0.15, 0.2) is 29.8 Å². The number of aliphatic hydroxyl groups excluding tert-OH is 2. The van der Waals surface area contributed by atoms with Gasteiger partial charge in [-0.15, -0.1) is 0 Å². The molecule has 2 N–H and O–H groups in total. The van der Waals surface area contributed by atoms with E-state index in [2.05, 4.69) is 6.07 Å². The van der Waals surface area contributed by atoms with Gasteiger partial charge in [-0.1, -0.05) is 24.1 Å². The van der Waals surface area contributed by atoms with Gasteiger partial charge in [-0.05, 0) is 43.4 Å². The Morgan fingerprint density at radius 1 is 1.08 bits per heavy atom. The molecule has 1 saturated heterocycles. The number of ether oxygens (including phenoxy) is 3. The first kappa shape index (κ1) is 14.8. The Labute approximate surface area is 140 Å². The van der Waals surface area contributed by atoms with Crippen molar-refractivity contribution >= 4 is 0 Å². The maximum Gasteiger partial charge on any atom is 0.231 e. The number of hydrogen-bond donors (Lipinski definition) is 2. The van der Waals surface area contributed by atoms with E-state index in [4.69, 9.17) is 14.2 Å². The van der Waals surface area contributed by atoms with Crippen molar-refractivity contribution < 1.29 is 24.4 Å². The number of rotatable bonds is 2. The fourth-order valence-electron chi connectivity index (χ4n) is 4.98. The quantitative estimate of drug-likeness (QED) is 0.643. The Hall–Kier alpha value is -1.56. The van der Waals surface area contributed by atoms with E-state index in [9.17, 15) is 10.2 Å². The van der Waals surface area contributed by atoms with Gasteiger partial charge in [0, 0.05) is 5.41 Å². The predicted molar refractivity (Wildman–Crippen MR) is 85.8 cm³/mol. The molecule has 4 unspecified atom stereocenters. The lowest BCUT2D eigenvalue weighted by molar-refractivity contribution is -0.0291. The zero-order chi connectivity index (χ0) is 16.4. The van der Waals surface area contributed by atoms with Crippen LogP contribution in [-0.4, -0.2) is 35.8 Å². The average molecular weight is 330 g/mol. The van der Waals surface area contributed by atoms with Crippen LogP contribution in [0.5, 0.6) is 11.5 Å². The Morgan fingerprint density at radius 2 is 1.92 bits per heavy atom. The van der Waals surface area contributed by atoms with E-state index in [1.807, 2.05) is 18.2 Å². The van der Waals surface area contributed by atoms with E-state index in [0.717, 1.165) is 42.7 Å². The van der Waals surface area contributed by atoms with Crippen LogP contribution in [0.2, 0.25) is 0 Å². The zero-order valence-corrected chi connectivity index (χ0v) is 13.5. The van der Waals surface area contributed by atoms with Crippen LogP contribution in [0.25, 0.3) is 0 Å². The summed E-state index contributed by atoms with van der Waals surface area (Å²) in [5.74, 6) is 1.53. The molecule has 0 aromatic heterocycles. The van der Waals surface area contributed by atoms with E-state index in [0.29, 0.717) is 13.0 Å². The molecule has 0 bridgehead atoms. The summed E-state index contributed by atoms with van der Waals surface area (Å²) in [6, 6.07) is 6.02. The lowest BCUT2D eigenvalue weighted by atomic mass is 9.56. The molecule has 5 rings (SSSR count). The SMILES string of the molecule is OC1C=C2CCCCC2(C2(c3ccc4c(c3)OCO4)CO2)CC1O. The van der Waals surface area contributed by atoms with Crippen LogP contribution in [0.4, 0.5) is 0 Å². The molecule has 4 atom stereocenters. The molecule has 2 heterocycles. The fourth-order valence-corrected chi connectivity index (χ4v) is 4.98. The van der Waals surface area contributed by atoms with Crippen LogP contribution in [0.1, 0.15) is 37.7 Å². The van der Waals surface area contributed by atoms with Gasteiger partial charge in [-0.3, -0.25) is 0 Å². The molecule has 2 aliphatic heterocycles. The third kappa shape index (κ3) is 1.86. The topological polar surface area (TPSA) is 71.5 Å². The first-order valence-electron chi connectivity index (χ1n) is 8.76. The first-order chi connectivity index (χ1) is 11.6. The van der Waals surface area contributed by atoms with Gasteiger partial charge in [0.1, 0.15) is 5.60 Å². The fraction of sp³-hybridized carbons (Fsp3) is 0.579. The second-order valence-electron chi connectivity index (χ2n) is 7.43. The van der Waals surface area contributed by atoms with Gasteiger partial charge < -0.3 is 24.4 Å². The molecule has 24 heavy (non-hydrogen) atoms. The smallest absolute Gasteiger partial charge is 0.231 e. The molecule has 1 saturated carbocycles. The summed E-state index contributed by atoms with van der Waals surface area (Å²) in [4.78, 5) is 0. The summed E-state index contributed by atoms with van der Waals surface area (Å²) in [5.41, 5.74) is 1.70. The third-order valence-corrected chi connectivity index (χ3v) is 6.28. The molecule has 5 heteroatoms. The molecular formula is C19H22O5. The van der Waals surface area contributed by atoms with Crippen molar-refractivity contribution in [2.45, 2.75) is 49.9 Å². The van der Waals surface area contributed by atoms with Crippen molar-refractivity contribution in [1.29, 1.82) is 0 Å². The summed E-state index contributed by atoms with van der Waals surface area (Å²) in [6.07, 6.45) is 5.14. The Bertz CT molecular complexity index is 708. The van der Waals surface area contributed by atoms with E-state index in [1.165, 1.54) is 5.57 Å². The minimum absolute atomic E-state index is 0.225. The highest BCUT2D eigenvalue weighted by atomic mass is 16.7. The molecule has 0 radical (unpaired) electrons. The highest BCUT2D eigenvalue weighted by molar-refractivity contribution is 5.49. The number of hydrogen-bond acceptors (Lipinski definition) is 5. The molecule has 2 fully saturated rings. The molecule has 0 amide bonds. The van der Waals surface area contributed by atoms with Crippen molar-refractivity contribution in [3.05, 3.63) is 35.4 Å². The maximum absolute atomic E-state index is 10.4. The standard InChI is InChI=1S/C19H22O5/c20-14-7-12-3-1-2-6-18(12,9-15(14)21)19(10-24-19)13-4-5-16-17(8-13)23-11-22-16/h4-5,7-8,14-15,20-21H,1-3,6,9-11H2. The Balaban J connectivity index is 1.61. The number of epoxide rings is 1. The van der Waals surface area contributed by atoms with E-state index in [-0.39, 0.29) is 12.2 Å². The van der Waals surface area contributed by atoms with Gasteiger partial charge in [0.15, 0.2) is 11.5 Å². The van der Waals surface area contributed by atoms with Crippen molar-refractivity contribution in [3.63, 3.8) is 0 Å². The van der Waals surface area contributed by atoms with Crippen LogP contribution >= 0.6 is 0 Å². The van der Waals surface area contributed by atoms with Gasteiger partial charge in [0.05, 0.1) is 18.8 Å². The van der Waals surface area contributed by atoms with Crippen molar-refractivity contribution in [2.75, 3.05) is 13.4 Å². The maximum atomic E-state index is 10.4. The summed E-state index contributed by atoms with van der Waals surface area (Å²) < 4.78 is 17.1. The monoisotopic (exact) mass is 330 g/mol. The van der Waals surface area contributed by atoms with Crippen molar-refractivity contribution in [3.8, 4) is 11.5 Å². The molecule has 0 spiro atoms. The minimum atomic E-state index is -0.765. The van der Waals surface area contributed by atoms with E-state index >= 15 is 0 Å². The highest BCUT2D eigenvalue weighted by Crippen LogP contribution is 2.65. The molecular weight excluding hydrogens is 308 g/mol. The van der Waals surface area contributed by atoms with Gasteiger partial charge >= 0.3 is 0 Å². The normalized spacial score (nSPS) is 40.0. The summed E-state index contributed by atoms with van der Waals surface area (Å²) in [7, 11) is 0. The molecule has 5 nitrogen and oxygen atoms in total. The summed E-state index contributed by atoms with van der Waals surface area (Å²) >= 11 is 0. The van der Waals surface area contributed by atoms with E-state index < -0.39 is 17.8 Å². The van der Waals surface area contributed by atoms with Crippen LogP contribution < -0.4 is 9.47 Å². The van der Waals surface area contributed by atoms with Gasteiger partial charge in [-0.25, -0.2) is 0 Å². The third-order valence-electron chi connectivity index (χ3n) is 6.28. The minimum Gasteiger partial charge on any atom is -0.454 e. The highest BCUT2D eigenvalue weighted by Gasteiger charge is 2.65. The number of fused-ring (bicyclic) bond motifs is 2. The number of benzene rings is 1. The summed E-state index contributed by atoms with van der Waals surface area (Å²) in [5, 5.41) is 20.5. The molecule has 4 aliphatic rings. The largest absolute Gasteiger partial charge is 0.454 e. The molecule has 1 aromatic rings. The van der Waals surface area contributed by atoms with Crippen molar-refractivity contribution in [1.82, 2.24) is 0 Å².